The lowest BCUT2D eigenvalue weighted by Gasteiger charge is -1.78. The Morgan fingerprint density at radius 3 is 2.17 bits per heavy atom. The second kappa shape index (κ2) is 2.88. The molecule has 0 aromatic carbocycles. The fourth-order valence-electron chi connectivity index (χ4n) is 0.154. The van der Waals surface area contributed by atoms with E-state index in [-0.39, 0.29) is 6.67 Å². The highest BCUT2D eigenvalue weighted by Crippen LogP contribution is 1.85. The van der Waals surface area contributed by atoms with Crippen LogP contribution in [0.5, 0.6) is 0 Å². The van der Waals surface area contributed by atoms with Crippen molar-refractivity contribution in [2.45, 2.75) is 13.8 Å². The van der Waals surface area contributed by atoms with E-state index in [0.29, 0.717) is 0 Å². The molecule has 0 rings (SSSR count). The van der Waals surface area contributed by atoms with Crippen LogP contribution in [0.4, 0.5) is 4.39 Å². The van der Waals surface area contributed by atoms with E-state index in [0.717, 1.165) is 5.57 Å². The molecule has 0 saturated heterocycles. The van der Waals surface area contributed by atoms with E-state index in [1.54, 1.807) is 6.08 Å². The van der Waals surface area contributed by atoms with E-state index in [2.05, 4.69) is 0 Å². The summed E-state index contributed by atoms with van der Waals surface area (Å²) in [4.78, 5) is 0. The van der Waals surface area contributed by atoms with Gasteiger partial charge in [-0.3, -0.25) is 0 Å². The third-order valence-corrected chi connectivity index (χ3v) is 0.485. The molecule has 0 aliphatic heterocycles. The largest absolute Gasteiger partial charge is 0.247 e. The van der Waals surface area contributed by atoms with Crippen LogP contribution in [-0.4, -0.2) is 6.67 Å². The Labute approximate surface area is 37.7 Å². The Morgan fingerprint density at radius 2 is 2.17 bits per heavy atom. The molecule has 0 nitrogen and oxygen atoms in total. The highest BCUT2D eigenvalue weighted by Gasteiger charge is 1.69. The molecular weight excluding hydrogens is 79.1 g/mol. The van der Waals surface area contributed by atoms with Crippen molar-refractivity contribution in [1.82, 2.24) is 0 Å². The number of allylic oxidation sites excluding steroid dienone is 2. The molecule has 0 aliphatic rings. The van der Waals surface area contributed by atoms with Gasteiger partial charge in [0.05, 0.1) is 0 Å². The minimum absolute atomic E-state index is 0.331. The minimum Gasteiger partial charge on any atom is -0.247 e. The Morgan fingerprint density at radius 1 is 1.67 bits per heavy atom. The summed E-state index contributed by atoms with van der Waals surface area (Å²) in [5, 5.41) is 0. The van der Waals surface area contributed by atoms with Gasteiger partial charge in [-0.1, -0.05) is 11.6 Å². The lowest BCUT2D eigenvalue weighted by Crippen LogP contribution is -1.64. The molecule has 0 N–H and O–H groups in total. The van der Waals surface area contributed by atoms with E-state index >= 15 is 0 Å². The van der Waals surface area contributed by atoms with Crippen LogP contribution < -0.4 is 0 Å². The monoisotopic (exact) mass is 88.1 g/mol. The first-order valence-electron chi connectivity index (χ1n) is 1.96. The van der Waals surface area contributed by atoms with Crippen LogP contribution in [0, 0.1) is 0 Å². The molecule has 0 aromatic rings. The van der Waals surface area contributed by atoms with Crippen LogP contribution in [-0.2, 0) is 0 Å². The molecule has 0 bridgehead atoms. The number of hydrogen-bond acceptors (Lipinski definition) is 0. The first kappa shape index (κ1) is 5.67. The van der Waals surface area contributed by atoms with Crippen LogP contribution in [0.25, 0.3) is 0 Å². The van der Waals surface area contributed by atoms with Gasteiger partial charge in [-0.2, -0.15) is 0 Å². The van der Waals surface area contributed by atoms with Crippen LogP contribution in [0.2, 0.25) is 0 Å². The van der Waals surface area contributed by atoms with Gasteiger partial charge in [0.2, 0.25) is 0 Å². The fourth-order valence-corrected chi connectivity index (χ4v) is 0.154. The maximum atomic E-state index is 11.2. The standard InChI is InChI=1S/C5H9F/c1-5(2)3-4-6/h3H,4H2,1-2H3. The molecule has 0 saturated carbocycles. The third kappa shape index (κ3) is 3.67. The first-order chi connectivity index (χ1) is 2.77. The zero-order valence-corrected chi connectivity index (χ0v) is 4.16. The zero-order chi connectivity index (χ0) is 4.99. The van der Waals surface area contributed by atoms with Crippen molar-refractivity contribution in [3.63, 3.8) is 0 Å². The number of alkyl halides is 1. The van der Waals surface area contributed by atoms with Crippen LogP contribution in [0.1, 0.15) is 13.8 Å². The van der Waals surface area contributed by atoms with Gasteiger partial charge >= 0.3 is 0 Å². The average molecular weight is 88.1 g/mol. The quantitative estimate of drug-likeness (QED) is 0.429. The van der Waals surface area contributed by atoms with Gasteiger partial charge in [-0.25, -0.2) is 4.39 Å². The maximum absolute atomic E-state index is 11.2. The SMILES string of the molecule is CC(C)=CCF. The highest BCUT2D eigenvalue weighted by molar-refractivity contribution is 4.92. The van der Waals surface area contributed by atoms with Gasteiger partial charge in [0.15, 0.2) is 0 Å². The van der Waals surface area contributed by atoms with E-state index in [1.165, 1.54) is 0 Å². The first-order valence-corrected chi connectivity index (χ1v) is 1.96. The number of halogens is 1. The second-order valence-corrected chi connectivity index (χ2v) is 1.44. The predicted molar refractivity (Wildman–Crippen MR) is 25.4 cm³/mol. The molecule has 0 atom stereocenters. The molecular formula is C5H9F. The Balaban J connectivity index is 3.14. The van der Waals surface area contributed by atoms with Gasteiger partial charge in [0.1, 0.15) is 6.67 Å². The molecule has 6 heavy (non-hydrogen) atoms. The molecule has 0 amide bonds. The average Bonchev–Trinajstić information content (AvgIpc) is 1.35. The Bertz CT molecular complexity index is 51.0. The molecule has 1 heteroatoms. The van der Waals surface area contributed by atoms with Gasteiger partial charge in [0, 0.05) is 0 Å². The fraction of sp³-hybridized carbons (Fsp3) is 0.600. The predicted octanol–water partition coefficient (Wildman–Crippen LogP) is 1.92. The van der Waals surface area contributed by atoms with Crippen LogP contribution >= 0.6 is 0 Å². The van der Waals surface area contributed by atoms with Crippen molar-refractivity contribution in [3.05, 3.63) is 11.6 Å². The minimum atomic E-state index is -0.331. The van der Waals surface area contributed by atoms with Crippen molar-refractivity contribution in [2.75, 3.05) is 6.67 Å². The van der Waals surface area contributed by atoms with Gasteiger partial charge < -0.3 is 0 Å². The van der Waals surface area contributed by atoms with E-state index in [1.807, 2.05) is 13.8 Å². The van der Waals surface area contributed by atoms with Crippen LogP contribution in [0.3, 0.4) is 0 Å². The van der Waals surface area contributed by atoms with Crippen molar-refractivity contribution in [3.8, 4) is 0 Å². The summed E-state index contributed by atoms with van der Waals surface area (Å²) < 4.78 is 11.2. The van der Waals surface area contributed by atoms with Crippen molar-refractivity contribution < 1.29 is 4.39 Å². The second-order valence-electron chi connectivity index (χ2n) is 1.44. The molecule has 0 aromatic heterocycles. The summed E-state index contributed by atoms with van der Waals surface area (Å²) in [5.41, 5.74) is 1.04. The lowest BCUT2D eigenvalue weighted by atomic mass is 10.3. The summed E-state index contributed by atoms with van der Waals surface area (Å²) in [7, 11) is 0. The van der Waals surface area contributed by atoms with E-state index < -0.39 is 0 Å². The Hall–Kier alpha value is -0.330. The lowest BCUT2D eigenvalue weighted by molar-refractivity contribution is 0.560. The molecule has 0 heterocycles. The van der Waals surface area contributed by atoms with Gasteiger partial charge in [-0.05, 0) is 13.8 Å². The zero-order valence-electron chi connectivity index (χ0n) is 4.16. The molecule has 0 radical (unpaired) electrons. The molecule has 0 unspecified atom stereocenters. The summed E-state index contributed by atoms with van der Waals surface area (Å²) in [6.45, 7) is 3.42. The summed E-state index contributed by atoms with van der Waals surface area (Å²) in [5.74, 6) is 0. The maximum Gasteiger partial charge on any atom is 0.108 e. The number of rotatable bonds is 1. The van der Waals surface area contributed by atoms with E-state index in [4.69, 9.17) is 0 Å². The summed E-state index contributed by atoms with van der Waals surface area (Å²) in [6, 6.07) is 0. The van der Waals surface area contributed by atoms with Crippen molar-refractivity contribution in [2.24, 2.45) is 0 Å². The summed E-state index contributed by atoms with van der Waals surface area (Å²) >= 11 is 0. The van der Waals surface area contributed by atoms with Gasteiger partial charge in [0.25, 0.3) is 0 Å². The third-order valence-electron chi connectivity index (χ3n) is 0.485. The molecule has 0 spiro atoms. The van der Waals surface area contributed by atoms with Gasteiger partial charge in [-0.15, -0.1) is 0 Å². The topological polar surface area (TPSA) is 0 Å². The number of hydrogen-bond donors (Lipinski definition) is 0. The highest BCUT2D eigenvalue weighted by atomic mass is 19.1. The molecule has 0 fully saturated rings. The summed E-state index contributed by atoms with van der Waals surface area (Å²) in [6.07, 6.45) is 1.54. The Kier molecular flexibility index (Phi) is 2.73. The molecule has 36 valence electrons. The van der Waals surface area contributed by atoms with E-state index in [9.17, 15) is 4.39 Å². The smallest absolute Gasteiger partial charge is 0.108 e. The molecule has 0 aliphatic carbocycles. The normalized spacial score (nSPS) is 7.83. The van der Waals surface area contributed by atoms with Crippen molar-refractivity contribution >= 4 is 0 Å². The van der Waals surface area contributed by atoms with Crippen LogP contribution in [0.15, 0.2) is 11.6 Å². The van der Waals surface area contributed by atoms with Crippen molar-refractivity contribution in [1.29, 1.82) is 0 Å².